The molecule has 1 aliphatic rings. The molecule has 1 amide bonds. The van der Waals surface area contributed by atoms with Crippen LogP contribution < -0.4 is 5.32 Å². The van der Waals surface area contributed by atoms with Gasteiger partial charge in [-0.3, -0.25) is 4.79 Å². The molecule has 1 heterocycles. The molecule has 0 atom stereocenters. The molecule has 0 unspecified atom stereocenters. The van der Waals surface area contributed by atoms with E-state index in [2.05, 4.69) is 26.7 Å². The second-order valence-corrected chi connectivity index (χ2v) is 7.77. The van der Waals surface area contributed by atoms with Crippen LogP contribution in [0.25, 0.3) is 0 Å². The van der Waals surface area contributed by atoms with Gasteiger partial charge in [0.1, 0.15) is 5.82 Å². The fourth-order valence-corrected chi connectivity index (χ4v) is 4.27. The van der Waals surface area contributed by atoms with Gasteiger partial charge in [0.25, 0.3) is 0 Å². The van der Waals surface area contributed by atoms with Crippen molar-refractivity contribution >= 4 is 23.4 Å². The number of amides is 1. The van der Waals surface area contributed by atoms with Crippen molar-refractivity contribution in [2.24, 2.45) is 0 Å². The summed E-state index contributed by atoms with van der Waals surface area (Å²) in [4.78, 5) is 12.4. The monoisotopic (exact) mass is 370 g/mol. The van der Waals surface area contributed by atoms with Crippen LogP contribution in [0.5, 0.6) is 0 Å². The highest BCUT2D eigenvalue weighted by atomic mass is 32.2. The summed E-state index contributed by atoms with van der Waals surface area (Å²) < 4.78 is 2.11. The quantitative estimate of drug-likeness (QED) is 0.577. The number of anilines is 1. The molecular formula is C20H26N4OS. The van der Waals surface area contributed by atoms with Gasteiger partial charge in [-0.05, 0) is 37.8 Å². The lowest BCUT2D eigenvalue weighted by atomic mass is 10.1. The number of aromatic nitrogens is 3. The van der Waals surface area contributed by atoms with Gasteiger partial charge in [-0.15, -0.1) is 16.8 Å². The lowest BCUT2D eigenvalue weighted by molar-refractivity contribution is -0.113. The number of allylic oxidation sites excluding steroid dienone is 1. The molecule has 1 aromatic heterocycles. The average Bonchev–Trinajstić information content (AvgIpc) is 3.26. The summed E-state index contributed by atoms with van der Waals surface area (Å²) in [5.41, 5.74) is 3.04. The number of carbonyl (C=O) groups excluding carboxylic acids is 1. The molecule has 0 saturated heterocycles. The van der Waals surface area contributed by atoms with E-state index in [-0.39, 0.29) is 5.91 Å². The van der Waals surface area contributed by atoms with E-state index < -0.39 is 0 Å². The molecular weight excluding hydrogens is 344 g/mol. The molecule has 5 nitrogen and oxygen atoms in total. The number of aryl methyl sites for hydroxylation is 2. The largest absolute Gasteiger partial charge is 0.325 e. The maximum absolute atomic E-state index is 12.4. The van der Waals surface area contributed by atoms with Crippen molar-refractivity contribution in [1.29, 1.82) is 0 Å². The van der Waals surface area contributed by atoms with Crippen molar-refractivity contribution in [3.63, 3.8) is 0 Å². The number of thioether (sulfide) groups is 1. The number of para-hydroxylation sites is 1. The zero-order chi connectivity index (χ0) is 18.5. The summed E-state index contributed by atoms with van der Waals surface area (Å²) in [6, 6.07) is 6.01. The Balaban J connectivity index is 1.67. The van der Waals surface area contributed by atoms with Crippen LogP contribution in [0.1, 0.15) is 48.6 Å². The predicted octanol–water partition coefficient (Wildman–Crippen LogP) is 4.47. The molecule has 0 spiro atoms. The van der Waals surface area contributed by atoms with E-state index in [9.17, 15) is 4.79 Å². The van der Waals surface area contributed by atoms with Crippen molar-refractivity contribution in [3.8, 4) is 0 Å². The fraction of sp³-hybridized carbons (Fsp3) is 0.450. The van der Waals surface area contributed by atoms with Crippen molar-refractivity contribution in [2.45, 2.75) is 57.1 Å². The molecule has 1 aromatic carbocycles. The molecule has 1 N–H and O–H groups in total. The van der Waals surface area contributed by atoms with E-state index in [1.54, 1.807) is 0 Å². The van der Waals surface area contributed by atoms with E-state index >= 15 is 0 Å². The smallest absolute Gasteiger partial charge is 0.234 e. The van der Waals surface area contributed by atoms with Gasteiger partial charge in [0, 0.05) is 18.2 Å². The Labute approximate surface area is 159 Å². The summed E-state index contributed by atoms with van der Waals surface area (Å²) >= 11 is 1.44. The van der Waals surface area contributed by atoms with Crippen LogP contribution in [-0.2, 0) is 11.3 Å². The standard InChI is InChI=1S/C20H26N4OS/c1-4-12-24-19(16-10-5-6-11-16)22-23-20(24)26-13-17(25)21-18-14(2)8-7-9-15(18)3/h4,7-9,16H,1,5-6,10-13H2,2-3H3,(H,21,25). The topological polar surface area (TPSA) is 59.8 Å². The number of hydrogen-bond acceptors (Lipinski definition) is 4. The summed E-state index contributed by atoms with van der Waals surface area (Å²) in [5, 5.41) is 12.6. The van der Waals surface area contributed by atoms with Crippen molar-refractivity contribution in [2.75, 3.05) is 11.1 Å². The van der Waals surface area contributed by atoms with Gasteiger partial charge in [0.05, 0.1) is 5.75 Å². The minimum atomic E-state index is -0.0250. The van der Waals surface area contributed by atoms with E-state index in [0.717, 1.165) is 27.8 Å². The second kappa shape index (κ2) is 8.54. The van der Waals surface area contributed by atoms with Crippen LogP contribution in [0.15, 0.2) is 36.0 Å². The van der Waals surface area contributed by atoms with Crippen LogP contribution in [0.3, 0.4) is 0 Å². The zero-order valence-corrected chi connectivity index (χ0v) is 16.3. The first-order chi connectivity index (χ1) is 12.6. The van der Waals surface area contributed by atoms with E-state index in [1.807, 2.05) is 38.1 Å². The van der Waals surface area contributed by atoms with Crippen molar-refractivity contribution < 1.29 is 4.79 Å². The molecule has 0 aliphatic heterocycles. The molecule has 1 aliphatic carbocycles. The average molecular weight is 371 g/mol. The highest BCUT2D eigenvalue weighted by Gasteiger charge is 2.24. The Morgan fingerprint density at radius 2 is 2.00 bits per heavy atom. The number of benzene rings is 1. The van der Waals surface area contributed by atoms with Crippen molar-refractivity contribution in [1.82, 2.24) is 14.8 Å². The Morgan fingerprint density at radius 1 is 1.31 bits per heavy atom. The van der Waals surface area contributed by atoms with E-state index in [1.165, 1.54) is 37.4 Å². The third-order valence-electron chi connectivity index (χ3n) is 4.86. The highest BCUT2D eigenvalue weighted by molar-refractivity contribution is 7.99. The van der Waals surface area contributed by atoms with E-state index in [0.29, 0.717) is 18.2 Å². The third kappa shape index (κ3) is 4.18. The Morgan fingerprint density at radius 3 is 2.65 bits per heavy atom. The maximum Gasteiger partial charge on any atom is 0.234 e. The lowest BCUT2D eigenvalue weighted by Gasteiger charge is -2.13. The molecule has 6 heteroatoms. The minimum absolute atomic E-state index is 0.0250. The number of rotatable bonds is 7. The number of hydrogen-bond donors (Lipinski definition) is 1. The van der Waals surface area contributed by atoms with Gasteiger partial charge in [-0.25, -0.2) is 0 Å². The van der Waals surface area contributed by atoms with Gasteiger partial charge >= 0.3 is 0 Å². The normalized spacial score (nSPS) is 14.5. The first kappa shape index (κ1) is 18.7. The van der Waals surface area contributed by atoms with Crippen LogP contribution in [0, 0.1) is 13.8 Å². The van der Waals surface area contributed by atoms with Gasteiger partial charge in [0.15, 0.2) is 5.16 Å². The molecule has 0 radical (unpaired) electrons. The number of carbonyl (C=O) groups is 1. The Kier molecular flexibility index (Phi) is 6.14. The molecule has 2 aromatic rings. The Hall–Kier alpha value is -2.08. The summed E-state index contributed by atoms with van der Waals surface area (Å²) in [6.07, 6.45) is 6.72. The number of nitrogens with one attached hydrogen (secondary N) is 1. The van der Waals surface area contributed by atoms with Crippen LogP contribution in [0.2, 0.25) is 0 Å². The van der Waals surface area contributed by atoms with Gasteiger partial charge in [0.2, 0.25) is 5.91 Å². The van der Waals surface area contributed by atoms with Crippen LogP contribution in [-0.4, -0.2) is 26.4 Å². The Bertz CT molecular complexity index is 773. The van der Waals surface area contributed by atoms with E-state index in [4.69, 9.17) is 0 Å². The third-order valence-corrected chi connectivity index (χ3v) is 5.82. The molecule has 138 valence electrons. The summed E-state index contributed by atoms with van der Waals surface area (Å²) in [7, 11) is 0. The van der Waals surface area contributed by atoms with Gasteiger partial charge in [-0.1, -0.05) is 48.9 Å². The second-order valence-electron chi connectivity index (χ2n) is 6.83. The number of nitrogens with zero attached hydrogens (tertiary/aromatic N) is 3. The first-order valence-electron chi connectivity index (χ1n) is 9.13. The molecule has 26 heavy (non-hydrogen) atoms. The molecule has 3 rings (SSSR count). The molecule has 1 fully saturated rings. The zero-order valence-electron chi connectivity index (χ0n) is 15.5. The molecule has 1 saturated carbocycles. The summed E-state index contributed by atoms with van der Waals surface area (Å²) in [5.74, 6) is 1.82. The lowest BCUT2D eigenvalue weighted by Crippen LogP contribution is -2.16. The predicted molar refractivity (Wildman–Crippen MR) is 107 cm³/mol. The van der Waals surface area contributed by atoms with Crippen LogP contribution in [0.4, 0.5) is 5.69 Å². The van der Waals surface area contributed by atoms with Gasteiger partial charge < -0.3 is 9.88 Å². The molecule has 0 bridgehead atoms. The van der Waals surface area contributed by atoms with Crippen LogP contribution >= 0.6 is 11.8 Å². The minimum Gasteiger partial charge on any atom is -0.325 e. The first-order valence-corrected chi connectivity index (χ1v) is 10.1. The maximum atomic E-state index is 12.4. The summed E-state index contributed by atoms with van der Waals surface area (Å²) in [6.45, 7) is 8.54. The fourth-order valence-electron chi connectivity index (χ4n) is 3.51. The van der Waals surface area contributed by atoms with Gasteiger partial charge in [-0.2, -0.15) is 0 Å². The SMILES string of the molecule is C=CCn1c(SCC(=O)Nc2c(C)cccc2C)nnc1C1CCCC1. The van der Waals surface area contributed by atoms with Crippen molar-refractivity contribution in [3.05, 3.63) is 47.8 Å². The highest BCUT2D eigenvalue weighted by Crippen LogP contribution is 2.34.